The van der Waals surface area contributed by atoms with Crippen LogP contribution in [0.3, 0.4) is 0 Å². The highest BCUT2D eigenvalue weighted by molar-refractivity contribution is 8.00. The first-order valence-corrected chi connectivity index (χ1v) is 6.64. The first-order chi connectivity index (χ1) is 8.59. The third-order valence-corrected chi connectivity index (χ3v) is 3.98. The molecule has 18 heavy (non-hydrogen) atoms. The van der Waals surface area contributed by atoms with Crippen molar-refractivity contribution in [3.8, 4) is 0 Å². The van der Waals surface area contributed by atoms with Gasteiger partial charge in [0.25, 0.3) is 0 Å². The summed E-state index contributed by atoms with van der Waals surface area (Å²) in [5, 5.41) is 2.61. The summed E-state index contributed by atoms with van der Waals surface area (Å²) in [5.41, 5.74) is 7.49. The molecule has 6 heteroatoms. The zero-order valence-electron chi connectivity index (χ0n) is 10.1. The summed E-state index contributed by atoms with van der Waals surface area (Å²) < 4.78 is 0. The van der Waals surface area contributed by atoms with Crippen molar-refractivity contribution in [3.05, 3.63) is 23.8 Å². The number of carbonyl (C=O) groups is 2. The van der Waals surface area contributed by atoms with Crippen molar-refractivity contribution in [2.24, 2.45) is 0 Å². The van der Waals surface area contributed by atoms with Crippen LogP contribution in [-0.2, 0) is 4.79 Å². The lowest BCUT2D eigenvalue weighted by atomic mass is 10.2. The Balaban J connectivity index is 1.97. The van der Waals surface area contributed by atoms with E-state index in [0.717, 1.165) is 10.5 Å². The molecule has 0 spiro atoms. The molecule has 0 aromatic heterocycles. The van der Waals surface area contributed by atoms with E-state index in [1.165, 1.54) is 16.7 Å². The highest BCUT2D eigenvalue weighted by Crippen LogP contribution is 2.26. The van der Waals surface area contributed by atoms with Gasteiger partial charge in [0.1, 0.15) is 0 Å². The maximum absolute atomic E-state index is 11.8. The minimum Gasteiger partial charge on any atom is -0.398 e. The summed E-state index contributed by atoms with van der Waals surface area (Å²) in [7, 11) is 0. The minimum atomic E-state index is -0.301. The zero-order valence-corrected chi connectivity index (χ0v) is 10.9. The first-order valence-electron chi connectivity index (χ1n) is 5.65. The Morgan fingerprint density at radius 1 is 1.56 bits per heavy atom. The van der Waals surface area contributed by atoms with E-state index in [0.29, 0.717) is 18.8 Å². The number of amides is 3. The lowest BCUT2D eigenvalue weighted by Crippen LogP contribution is -2.35. The van der Waals surface area contributed by atoms with E-state index in [2.05, 4.69) is 5.32 Å². The Morgan fingerprint density at radius 3 is 3.00 bits per heavy atom. The van der Waals surface area contributed by atoms with E-state index in [-0.39, 0.29) is 17.7 Å². The average Bonchev–Trinajstić information content (AvgIpc) is 2.77. The van der Waals surface area contributed by atoms with Gasteiger partial charge in [0.05, 0.1) is 5.75 Å². The highest BCUT2D eigenvalue weighted by Gasteiger charge is 2.25. The highest BCUT2D eigenvalue weighted by atomic mass is 32.2. The number of urea groups is 1. The number of hydrogen-bond acceptors (Lipinski definition) is 4. The fraction of sp³-hybridized carbons (Fsp3) is 0.333. The van der Waals surface area contributed by atoms with Crippen LogP contribution in [0.15, 0.2) is 23.1 Å². The largest absolute Gasteiger partial charge is 0.398 e. The predicted octanol–water partition coefficient (Wildman–Crippen LogP) is 1.22. The monoisotopic (exact) mass is 265 g/mol. The van der Waals surface area contributed by atoms with Crippen LogP contribution in [-0.4, -0.2) is 35.7 Å². The van der Waals surface area contributed by atoms with Crippen LogP contribution in [0.4, 0.5) is 10.5 Å². The third kappa shape index (κ3) is 2.59. The molecule has 1 fully saturated rings. The molecule has 96 valence electrons. The van der Waals surface area contributed by atoms with Gasteiger partial charge in [0, 0.05) is 23.7 Å². The van der Waals surface area contributed by atoms with Crippen molar-refractivity contribution < 1.29 is 9.59 Å². The Kier molecular flexibility index (Phi) is 3.76. The van der Waals surface area contributed by atoms with Crippen molar-refractivity contribution in [3.63, 3.8) is 0 Å². The number of rotatable bonds is 3. The normalized spacial score (nSPS) is 14.7. The van der Waals surface area contributed by atoms with Gasteiger partial charge in [-0.25, -0.2) is 4.79 Å². The molecular formula is C12H15N3O2S. The maximum atomic E-state index is 11.8. The number of nitrogens with one attached hydrogen (secondary N) is 1. The van der Waals surface area contributed by atoms with Crippen LogP contribution in [0.25, 0.3) is 0 Å². The summed E-state index contributed by atoms with van der Waals surface area (Å²) in [6.07, 6.45) is 0. The molecule has 3 amide bonds. The molecule has 0 aliphatic carbocycles. The van der Waals surface area contributed by atoms with Gasteiger partial charge < -0.3 is 11.1 Å². The van der Waals surface area contributed by atoms with Gasteiger partial charge >= 0.3 is 6.03 Å². The number of benzene rings is 1. The lowest BCUT2D eigenvalue weighted by molar-refractivity contribution is -0.124. The molecular weight excluding hydrogens is 250 g/mol. The van der Waals surface area contributed by atoms with E-state index in [9.17, 15) is 9.59 Å². The summed E-state index contributed by atoms with van der Waals surface area (Å²) in [5.74, 6) is 0.0781. The third-order valence-electron chi connectivity index (χ3n) is 2.83. The molecule has 1 aromatic rings. The maximum Gasteiger partial charge on any atom is 0.324 e. The van der Waals surface area contributed by atoms with Gasteiger partial charge in [0.15, 0.2) is 0 Å². The molecule has 5 nitrogen and oxygen atoms in total. The SMILES string of the molecule is Cc1c(N)cccc1SCC(=O)N1CCNC1=O. The van der Waals surface area contributed by atoms with Gasteiger partial charge in [-0.2, -0.15) is 0 Å². The second kappa shape index (κ2) is 5.30. The van der Waals surface area contributed by atoms with Crippen LogP contribution < -0.4 is 11.1 Å². The first kappa shape index (κ1) is 12.8. The summed E-state index contributed by atoms with van der Waals surface area (Å²) in [4.78, 5) is 25.4. The van der Waals surface area contributed by atoms with Gasteiger partial charge in [-0.15, -0.1) is 11.8 Å². The van der Waals surface area contributed by atoms with E-state index in [1.54, 1.807) is 0 Å². The quantitative estimate of drug-likeness (QED) is 0.636. The molecule has 1 aliphatic heterocycles. The summed E-state index contributed by atoms with van der Waals surface area (Å²) in [6.45, 7) is 2.91. The van der Waals surface area contributed by atoms with Crippen LogP contribution in [0, 0.1) is 6.92 Å². The van der Waals surface area contributed by atoms with Crippen molar-refractivity contribution in [1.82, 2.24) is 10.2 Å². The molecule has 0 bridgehead atoms. The van der Waals surface area contributed by atoms with Crippen molar-refractivity contribution in [2.75, 3.05) is 24.6 Å². The number of anilines is 1. The number of thioether (sulfide) groups is 1. The second-order valence-corrected chi connectivity index (χ2v) is 5.05. The van der Waals surface area contributed by atoms with E-state index in [1.807, 2.05) is 25.1 Å². The standard InChI is InChI=1S/C12H15N3O2S/c1-8-9(13)3-2-4-10(8)18-7-11(16)15-6-5-14-12(15)17/h2-4H,5-7,13H2,1H3,(H,14,17). The number of hydrogen-bond donors (Lipinski definition) is 2. The van der Waals surface area contributed by atoms with Crippen molar-refractivity contribution in [2.45, 2.75) is 11.8 Å². The molecule has 1 saturated heterocycles. The number of nitrogens with zero attached hydrogens (tertiary/aromatic N) is 1. The van der Waals surface area contributed by atoms with Gasteiger partial charge in [-0.3, -0.25) is 9.69 Å². The molecule has 0 saturated carbocycles. The summed E-state index contributed by atoms with van der Waals surface area (Å²) >= 11 is 1.41. The minimum absolute atomic E-state index is 0.170. The number of carbonyl (C=O) groups excluding carboxylic acids is 2. The predicted molar refractivity (Wildman–Crippen MR) is 71.4 cm³/mol. The van der Waals surface area contributed by atoms with E-state index < -0.39 is 0 Å². The second-order valence-electron chi connectivity index (χ2n) is 4.04. The fourth-order valence-electron chi connectivity index (χ4n) is 1.71. The van der Waals surface area contributed by atoms with Crippen molar-refractivity contribution >= 4 is 29.4 Å². The zero-order chi connectivity index (χ0) is 13.1. The molecule has 2 rings (SSSR count). The summed E-state index contributed by atoms with van der Waals surface area (Å²) in [6, 6.07) is 5.31. The molecule has 0 radical (unpaired) electrons. The van der Waals surface area contributed by atoms with Crippen LogP contribution in [0.2, 0.25) is 0 Å². The van der Waals surface area contributed by atoms with Gasteiger partial charge in [-0.1, -0.05) is 6.07 Å². The number of nitrogens with two attached hydrogens (primary N) is 1. The molecule has 1 aliphatic rings. The Bertz CT molecular complexity index is 490. The average molecular weight is 265 g/mol. The molecule has 1 heterocycles. The molecule has 1 aromatic carbocycles. The molecule has 0 unspecified atom stereocenters. The Hall–Kier alpha value is -1.69. The van der Waals surface area contributed by atoms with Gasteiger partial charge in [0.2, 0.25) is 5.91 Å². The van der Waals surface area contributed by atoms with Gasteiger partial charge in [-0.05, 0) is 24.6 Å². The van der Waals surface area contributed by atoms with Crippen molar-refractivity contribution in [1.29, 1.82) is 0 Å². The van der Waals surface area contributed by atoms with E-state index in [4.69, 9.17) is 5.73 Å². The molecule has 0 atom stereocenters. The fourth-order valence-corrected chi connectivity index (χ4v) is 2.66. The number of nitrogen functional groups attached to an aromatic ring is 1. The molecule has 3 N–H and O–H groups in total. The van der Waals surface area contributed by atoms with Crippen LogP contribution >= 0.6 is 11.8 Å². The van der Waals surface area contributed by atoms with E-state index >= 15 is 0 Å². The topological polar surface area (TPSA) is 75.4 Å². The van der Waals surface area contributed by atoms with Crippen LogP contribution in [0.5, 0.6) is 0 Å². The van der Waals surface area contributed by atoms with Crippen LogP contribution in [0.1, 0.15) is 5.56 Å². The number of imide groups is 1. The smallest absolute Gasteiger partial charge is 0.324 e. The lowest BCUT2D eigenvalue weighted by Gasteiger charge is -2.12. The Morgan fingerprint density at radius 2 is 2.33 bits per heavy atom. The Labute approximate surface area is 110 Å².